The summed E-state index contributed by atoms with van der Waals surface area (Å²) in [6.07, 6.45) is 6.03. The molecule has 0 fully saturated rings. The van der Waals surface area contributed by atoms with E-state index in [0.717, 1.165) is 19.3 Å². The van der Waals surface area contributed by atoms with Crippen molar-refractivity contribution in [1.82, 2.24) is 0 Å². The average Bonchev–Trinajstić information content (AvgIpc) is 2.34. The first-order chi connectivity index (χ1) is 9.06. The Morgan fingerprint density at radius 1 is 1.00 bits per heavy atom. The molecule has 0 aromatic heterocycles. The molecule has 0 aromatic rings. The summed E-state index contributed by atoms with van der Waals surface area (Å²) in [5, 5.41) is 17.9. The van der Waals surface area contributed by atoms with Crippen LogP contribution in [0.3, 0.4) is 0 Å². The number of aliphatic hydroxyl groups excluding tert-OH is 1. The van der Waals surface area contributed by atoms with Gasteiger partial charge in [0.15, 0.2) is 0 Å². The van der Waals surface area contributed by atoms with E-state index in [-0.39, 0.29) is 12.8 Å². The fourth-order valence-corrected chi connectivity index (χ4v) is 1.74. The van der Waals surface area contributed by atoms with Crippen LogP contribution in [0.25, 0.3) is 0 Å². The van der Waals surface area contributed by atoms with Crippen LogP contribution < -0.4 is 0 Å². The minimum atomic E-state index is -1.02. The number of aliphatic carboxylic acids is 1. The van der Waals surface area contributed by atoms with E-state index in [1.54, 1.807) is 0 Å². The molecule has 0 aliphatic rings. The first-order valence-electron chi connectivity index (χ1n) is 7.15. The maximum Gasteiger partial charge on any atom is 0.308 e. The lowest BCUT2D eigenvalue weighted by molar-refractivity contribution is -0.169. The topological polar surface area (TPSA) is 83.8 Å². The van der Waals surface area contributed by atoms with Crippen molar-refractivity contribution in [3.63, 3.8) is 0 Å². The monoisotopic (exact) mass is 274 g/mol. The van der Waals surface area contributed by atoms with Gasteiger partial charge in [0.2, 0.25) is 6.29 Å². The second kappa shape index (κ2) is 12.0. The Balaban J connectivity index is 3.44. The summed E-state index contributed by atoms with van der Waals surface area (Å²) in [7, 11) is 0. The van der Waals surface area contributed by atoms with Gasteiger partial charge in [0.05, 0.1) is 0 Å². The van der Waals surface area contributed by atoms with Crippen LogP contribution in [0.5, 0.6) is 0 Å². The molecule has 5 nitrogen and oxygen atoms in total. The van der Waals surface area contributed by atoms with Crippen LogP contribution in [0.4, 0.5) is 0 Å². The van der Waals surface area contributed by atoms with Gasteiger partial charge in [-0.1, -0.05) is 32.6 Å². The quantitative estimate of drug-likeness (QED) is 0.325. The van der Waals surface area contributed by atoms with E-state index in [0.29, 0.717) is 19.3 Å². The Hall–Kier alpha value is -1.10. The Bertz CT molecular complexity index is 252. The molecule has 0 aromatic carbocycles. The smallest absolute Gasteiger partial charge is 0.308 e. The largest absolute Gasteiger partial charge is 0.481 e. The minimum absolute atomic E-state index is 0.0628. The summed E-state index contributed by atoms with van der Waals surface area (Å²) < 4.78 is 4.83. The Kier molecular flexibility index (Phi) is 11.3. The number of hydrogen-bond donors (Lipinski definition) is 2. The molecule has 0 saturated carbocycles. The van der Waals surface area contributed by atoms with Crippen LogP contribution in [0.2, 0.25) is 0 Å². The van der Waals surface area contributed by atoms with Crippen LogP contribution >= 0.6 is 0 Å². The van der Waals surface area contributed by atoms with Crippen LogP contribution in [-0.4, -0.2) is 28.4 Å². The molecule has 0 saturated heterocycles. The van der Waals surface area contributed by atoms with Crippen molar-refractivity contribution in [3.8, 4) is 0 Å². The lowest BCUT2D eigenvalue weighted by Gasteiger charge is -2.11. The van der Waals surface area contributed by atoms with E-state index in [1.807, 2.05) is 0 Å². The molecule has 5 heteroatoms. The van der Waals surface area contributed by atoms with Crippen molar-refractivity contribution in [1.29, 1.82) is 0 Å². The standard InChI is InChI=1S/C14H26O5/c1-2-3-4-5-6-10-13(17)19-14(18)11-8-7-9-12(15)16/h13,17H,2-11H2,1H3,(H,15,16). The number of unbranched alkanes of at least 4 members (excludes halogenated alkanes) is 5. The maximum atomic E-state index is 11.3. The molecule has 0 spiro atoms. The van der Waals surface area contributed by atoms with Gasteiger partial charge in [-0.25, -0.2) is 0 Å². The zero-order valence-electron chi connectivity index (χ0n) is 11.8. The van der Waals surface area contributed by atoms with Crippen LogP contribution in [0.15, 0.2) is 0 Å². The highest BCUT2D eigenvalue weighted by molar-refractivity contribution is 5.69. The number of carbonyl (C=O) groups excluding carboxylic acids is 1. The van der Waals surface area contributed by atoms with Gasteiger partial charge in [-0.05, 0) is 19.3 Å². The van der Waals surface area contributed by atoms with Crippen LogP contribution in [-0.2, 0) is 14.3 Å². The van der Waals surface area contributed by atoms with Gasteiger partial charge in [-0.3, -0.25) is 9.59 Å². The summed E-state index contributed by atoms with van der Waals surface area (Å²) in [5.74, 6) is -1.31. The summed E-state index contributed by atoms with van der Waals surface area (Å²) in [5.41, 5.74) is 0. The molecule has 1 unspecified atom stereocenters. The number of ether oxygens (including phenoxy) is 1. The number of carboxylic acids is 1. The molecule has 112 valence electrons. The van der Waals surface area contributed by atoms with E-state index in [2.05, 4.69) is 6.92 Å². The third-order valence-electron chi connectivity index (χ3n) is 2.84. The van der Waals surface area contributed by atoms with Crippen molar-refractivity contribution in [2.75, 3.05) is 0 Å². The second-order valence-electron chi connectivity index (χ2n) is 4.75. The maximum absolute atomic E-state index is 11.3. The van der Waals surface area contributed by atoms with Gasteiger partial charge in [0.25, 0.3) is 0 Å². The number of esters is 1. The van der Waals surface area contributed by atoms with Gasteiger partial charge < -0.3 is 14.9 Å². The third-order valence-corrected chi connectivity index (χ3v) is 2.84. The molecule has 0 bridgehead atoms. The number of carboxylic acid groups (broad SMARTS) is 1. The van der Waals surface area contributed by atoms with E-state index >= 15 is 0 Å². The molecular weight excluding hydrogens is 248 g/mol. The van der Waals surface area contributed by atoms with Gasteiger partial charge in [0.1, 0.15) is 0 Å². The SMILES string of the molecule is CCCCCCCC(O)OC(=O)CCCCC(=O)O. The molecule has 0 aliphatic heterocycles. The van der Waals surface area contributed by atoms with Gasteiger partial charge in [0, 0.05) is 19.3 Å². The lowest BCUT2D eigenvalue weighted by Crippen LogP contribution is -2.17. The van der Waals surface area contributed by atoms with E-state index in [9.17, 15) is 14.7 Å². The average molecular weight is 274 g/mol. The van der Waals surface area contributed by atoms with Gasteiger partial charge in [-0.15, -0.1) is 0 Å². The third kappa shape index (κ3) is 13.1. The highest BCUT2D eigenvalue weighted by Gasteiger charge is 2.10. The minimum Gasteiger partial charge on any atom is -0.481 e. The molecular formula is C14H26O5. The summed E-state index contributed by atoms with van der Waals surface area (Å²) in [6, 6.07) is 0. The molecule has 0 aliphatic carbocycles. The second-order valence-corrected chi connectivity index (χ2v) is 4.75. The highest BCUT2D eigenvalue weighted by Crippen LogP contribution is 2.09. The zero-order valence-corrected chi connectivity index (χ0v) is 11.8. The van der Waals surface area contributed by atoms with Crippen molar-refractivity contribution in [2.24, 2.45) is 0 Å². The first-order valence-corrected chi connectivity index (χ1v) is 7.15. The summed E-state index contributed by atoms with van der Waals surface area (Å²) >= 11 is 0. The summed E-state index contributed by atoms with van der Waals surface area (Å²) in [4.78, 5) is 21.6. The number of aliphatic hydroxyl groups is 1. The normalized spacial score (nSPS) is 12.1. The summed E-state index contributed by atoms with van der Waals surface area (Å²) in [6.45, 7) is 2.14. The predicted octanol–water partition coefficient (Wildman–Crippen LogP) is 2.85. The van der Waals surface area contributed by atoms with Crippen molar-refractivity contribution >= 4 is 11.9 Å². The Morgan fingerprint density at radius 2 is 1.63 bits per heavy atom. The van der Waals surface area contributed by atoms with Crippen LogP contribution in [0, 0.1) is 0 Å². The fourth-order valence-electron chi connectivity index (χ4n) is 1.74. The number of hydrogen-bond acceptors (Lipinski definition) is 4. The molecule has 0 radical (unpaired) electrons. The Morgan fingerprint density at radius 3 is 2.26 bits per heavy atom. The highest BCUT2D eigenvalue weighted by atomic mass is 16.6. The zero-order chi connectivity index (χ0) is 14.5. The molecule has 0 amide bonds. The van der Waals surface area contributed by atoms with Crippen molar-refractivity contribution in [2.45, 2.75) is 77.4 Å². The first kappa shape index (κ1) is 17.9. The molecule has 2 N–H and O–H groups in total. The van der Waals surface area contributed by atoms with Gasteiger partial charge >= 0.3 is 11.9 Å². The predicted molar refractivity (Wildman–Crippen MR) is 71.6 cm³/mol. The van der Waals surface area contributed by atoms with Crippen LogP contribution in [0.1, 0.15) is 71.1 Å². The Labute approximate surface area is 115 Å². The molecule has 0 rings (SSSR count). The van der Waals surface area contributed by atoms with Crippen molar-refractivity contribution < 1.29 is 24.5 Å². The lowest BCUT2D eigenvalue weighted by atomic mass is 10.1. The molecule has 19 heavy (non-hydrogen) atoms. The van der Waals surface area contributed by atoms with E-state index < -0.39 is 18.2 Å². The van der Waals surface area contributed by atoms with E-state index in [1.165, 1.54) is 12.8 Å². The van der Waals surface area contributed by atoms with Crippen molar-refractivity contribution in [3.05, 3.63) is 0 Å². The fraction of sp³-hybridized carbons (Fsp3) is 0.857. The van der Waals surface area contributed by atoms with Gasteiger partial charge in [-0.2, -0.15) is 0 Å². The number of rotatable bonds is 12. The molecule has 0 heterocycles. The number of carbonyl (C=O) groups is 2. The molecule has 1 atom stereocenters. The van der Waals surface area contributed by atoms with E-state index in [4.69, 9.17) is 9.84 Å².